The number of carbonyl (C=O) groups is 1. The number of halogens is 2. The molecule has 0 fully saturated rings. The van der Waals surface area contributed by atoms with Crippen LogP contribution in [0.2, 0.25) is 0 Å². The van der Waals surface area contributed by atoms with Crippen LogP contribution in [-0.4, -0.2) is 32.0 Å². The van der Waals surface area contributed by atoms with E-state index in [1.165, 1.54) is 12.1 Å². The maximum absolute atomic E-state index is 13.2. The summed E-state index contributed by atoms with van der Waals surface area (Å²) in [5.41, 5.74) is 2.54. The molecule has 5 nitrogen and oxygen atoms in total. The average Bonchev–Trinajstić information content (AvgIpc) is 2.66. The molecule has 2 aromatic rings. The van der Waals surface area contributed by atoms with Crippen molar-refractivity contribution in [2.45, 2.75) is 19.9 Å². The Hall–Kier alpha value is -2.16. The fraction of sp³-hybridized carbons (Fsp3) is 0.300. The van der Waals surface area contributed by atoms with Crippen molar-refractivity contribution in [2.24, 2.45) is 4.99 Å². The first-order chi connectivity index (χ1) is 12.6. The van der Waals surface area contributed by atoms with E-state index in [1.54, 1.807) is 19.2 Å². The maximum atomic E-state index is 13.2. The Labute approximate surface area is 176 Å². The summed E-state index contributed by atoms with van der Waals surface area (Å²) < 4.78 is 13.2. The lowest BCUT2D eigenvalue weighted by Gasteiger charge is -2.12. The zero-order chi connectivity index (χ0) is 18.8. The van der Waals surface area contributed by atoms with E-state index in [1.807, 2.05) is 31.2 Å². The molecule has 0 bridgehead atoms. The number of guanidine groups is 1. The molecule has 0 heterocycles. The van der Waals surface area contributed by atoms with Crippen LogP contribution in [0.1, 0.15) is 28.4 Å². The number of carbonyl (C=O) groups excluding carboxylic acids is 1. The Morgan fingerprint density at radius 2 is 1.81 bits per heavy atom. The standard InChI is InChI=1S/C20H25FN4O.HI/c1-3-23-20(25-14-16-7-5-9-18(21)13-16)24-11-10-15-6-4-8-17(12-15)19(26)22-2;/h4-9,12-13H,3,10-11,14H2,1-2H3,(H,22,26)(H2,23,24,25);1H. The van der Waals surface area contributed by atoms with Gasteiger partial charge in [0, 0.05) is 25.7 Å². The molecule has 0 aliphatic rings. The average molecular weight is 484 g/mol. The van der Waals surface area contributed by atoms with Crippen molar-refractivity contribution in [1.29, 1.82) is 0 Å². The fourth-order valence-electron chi connectivity index (χ4n) is 2.49. The lowest BCUT2D eigenvalue weighted by Crippen LogP contribution is -2.38. The zero-order valence-electron chi connectivity index (χ0n) is 15.6. The smallest absolute Gasteiger partial charge is 0.251 e. The highest BCUT2D eigenvalue weighted by molar-refractivity contribution is 14.0. The molecule has 0 radical (unpaired) electrons. The number of hydrogen-bond donors (Lipinski definition) is 3. The van der Waals surface area contributed by atoms with Crippen LogP contribution < -0.4 is 16.0 Å². The van der Waals surface area contributed by atoms with E-state index in [9.17, 15) is 9.18 Å². The monoisotopic (exact) mass is 484 g/mol. The highest BCUT2D eigenvalue weighted by Crippen LogP contribution is 2.06. The van der Waals surface area contributed by atoms with Crippen molar-refractivity contribution in [3.05, 3.63) is 71.0 Å². The van der Waals surface area contributed by atoms with Crippen molar-refractivity contribution >= 4 is 35.8 Å². The molecule has 2 rings (SSSR count). The van der Waals surface area contributed by atoms with Gasteiger partial charge in [-0.15, -0.1) is 24.0 Å². The van der Waals surface area contributed by atoms with Crippen molar-refractivity contribution in [1.82, 2.24) is 16.0 Å². The molecular weight excluding hydrogens is 458 g/mol. The Morgan fingerprint density at radius 1 is 1.07 bits per heavy atom. The molecule has 0 saturated carbocycles. The van der Waals surface area contributed by atoms with Gasteiger partial charge in [0.2, 0.25) is 0 Å². The van der Waals surface area contributed by atoms with E-state index in [-0.39, 0.29) is 35.7 Å². The molecule has 0 spiro atoms. The van der Waals surface area contributed by atoms with E-state index in [2.05, 4.69) is 20.9 Å². The van der Waals surface area contributed by atoms with Crippen LogP contribution in [0, 0.1) is 5.82 Å². The Balaban J connectivity index is 0.00000364. The third-order valence-electron chi connectivity index (χ3n) is 3.78. The summed E-state index contributed by atoms with van der Waals surface area (Å²) >= 11 is 0. The third-order valence-corrected chi connectivity index (χ3v) is 3.78. The van der Waals surface area contributed by atoms with Gasteiger partial charge in [0.15, 0.2) is 5.96 Å². The Morgan fingerprint density at radius 3 is 2.52 bits per heavy atom. The Bertz CT molecular complexity index is 767. The first-order valence-corrected chi connectivity index (χ1v) is 8.70. The van der Waals surface area contributed by atoms with Crippen molar-refractivity contribution in [3.8, 4) is 0 Å². The molecule has 0 aliphatic carbocycles. The molecule has 146 valence electrons. The van der Waals surface area contributed by atoms with Gasteiger partial charge >= 0.3 is 0 Å². The molecule has 7 heteroatoms. The molecule has 0 unspecified atom stereocenters. The number of aliphatic imine (C=N–C) groups is 1. The number of nitrogens with one attached hydrogen (secondary N) is 3. The van der Waals surface area contributed by atoms with E-state index >= 15 is 0 Å². The van der Waals surface area contributed by atoms with Crippen molar-refractivity contribution in [2.75, 3.05) is 20.1 Å². The van der Waals surface area contributed by atoms with Crippen molar-refractivity contribution < 1.29 is 9.18 Å². The van der Waals surface area contributed by atoms with Crippen LogP contribution >= 0.6 is 24.0 Å². The normalized spacial score (nSPS) is 10.7. The molecule has 0 saturated heterocycles. The minimum atomic E-state index is -0.258. The number of benzene rings is 2. The highest BCUT2D eigenvalue weighted by Gasteiger charge is 2.04. The molecular formula is C20H26FIN4O. The largest absolute Gasteiger partial charge is 0.357 e. The van der Waals surface area contributed by atoms with Crippen LogP contribution in [0.4, 0.5) is 4.39 Å². The second-order valence-corrected chi connectivity index (χ2v) is 5.78. The summed E-state index contributed by atoms with van der Waals surface area (Å²) in [6, 6.07) is 14.0. The number of hydrogen-bond acceptors (Lipinski definition) is 2. The molecule has 1 amide bonds. The van der Waals surface area contributed by atoms with Gasteiger partial charge in [0.05, 0.1) is 6.54 Å². The number of rotatable bonds is 7. The predicted molar refractivity (Wildman–Crippen MR) is 118 cm³/mol. The number of amides is 1. The summed E-state index contributed by atoms with van der Waals surface area (Å²) in [6.45, 7) is 3.80. The molecule has 27 heavy (non-hydrogen) atoms. The summed E-state index contributed by atoms with van der Waals surface area (Å²) in [5, 5.41) is 9.06. The maximum Gasteiger partial charge on any atom is 0.251 e. The van der Waals surface area contributed by atoms with Crippen LogP contribution in [0.3, 0.4) is 0 Å². The molecule has 3 N–H and O–H groups in total. The summed E-state index contributed by atoms with van der Waals surface area (Å²) in [7, 11) is 1.62. The van der Waals surface area contributed by atoms with Gasteiger partial charge in [-0.25, -0.2) is 9.38 Å². The third kappa shape index (κ3) is 7.94. The van der Waals surface area contributed by atoms with Crippen LogP contribution in [0.15, 0.2) is 53.5 Å². The van der Waals surface area contributed by atoms with Gasteiger partial charge in [-0.2, -0.15) is 0 Å². The molecule has 0 atom stereocenters. The highest BCUT2D eigenvalue weighted by atomic mass is 127. The summed E-state index contributed by atoms with van der Waals surface area (Å²) in [4.78, 5) is 16.2. The minimum absolute atomic E-state index is 0. The summed E-state index contributed by atoms with van der Waals surface area (Å²) in [5.74, 6) is 0.329. The van der Waals surface area contributed by atoms with E-state index in [0.717, 1.165) is 24.1 Å². The molecule has 0 aliphatic heterocycles. The quantitative estimate of drug-likeness (QED) is 0.322. The van der Waals surface area contributed by atoms with Crippen LogP contribution in [-0.2, 0) is 13.0 Å². The minimum Gasteiger partial charge on any atom is -0.357 e. The van der Waals surface area contributed by atoms with E-state index < -0.39 is 0 Å². The topological polar surface area (TPSA) is 65.5 Å². The fourth-order valence-corrected chi connectivity index (χ4v) is 2.49. The van der Waals surface area contributed by atoms with Gasteiger partial charge in [-0.05, 0) is 48.7 Å². The van der Waals surface area contributed by atoms with Gasteiger partial charge in [0.25, 0.3) is 5.91 Å². The predicted octanol–water partition coefficient (Wildman–Crippen LogP) is 3.10. The van der Waals surface area contributed by atoms with Gasteiger partial charge in [-0.1, -0.05) is 24.3 Å². The van der Waals surface area contributed by atoms with Crippen LogP contribution in [0.5, 0.6) is 0 Å². The van der Waals surface area contributed by atoms with E-state index in [4.69, 9.17) is 0 Å². The van der Waals surface area contributed by atoms with Gasteiger partial charge in [-0.3, -0.25) is 4.79 Å². The molecule has 2 aromatic carbocycles. The lowest BCUT2D eigenvalue weighted by molar-refractivity contribution is 0.0963. The second kappa shape index (κ2) is 12.3. The SMILES string of the molecule is CCNC(=NCc1cccc(F)c1)NCCc1cccc(C(=O)NC)c1.I. The lowest BCUT2D eigenvalue weighted by atomic mass is 10.1. The first kappa shape index (κ1) is 22.9. The molecule has 0 aromatic heterocycles. The zero-order valence-corrected chi connectivity index (χ0v) is 17.9. The second-order valence-electron chi connectivity index (χ2n) is 5.78. The van der Waals surface area contributed by atoms with Crippen LogP contribution in [0.25, 0.3) is 0 Å². The Kier molecular flexibility index (Phi) is 10.4. The van der Waals surface area contributed by atoms with Crippen molar-refractivity contribution in [3.63, 3.8) is 0 Å². The number of nitrogens with zero attached hydrogens (tertiary/aromatic N) is 1. The van der Waals surface area contributed by atoms with Gasteiger partial charge < -0.3 is 16.0 Å². The first-order valence-electron chi connectivity index (χ1n) is 8.70. The van der Waals surface area contributed by atoms with Gasteiger partial charge in [0.1, 0.15) is 5.82 Å². The summed E-state index contributed by atoms with van der Waals surface area (Å²) in [6.07, 6.45) is 0.759. The van der Waals surface area contributed by atoms with E-state index in [0.29, 0.717) is 24.6 Å².